The zero-order chi connectivity index (χ0) is 17.8. The number of carbonyl (C=O) groups is 2. The Labute approximate surface area is 145 Å². The minimum Gasteiger partial charge on any atom is -0.459 e. The second-order valence-electron chi connectivity index (χ2n) is 6.06. The average Bonchev–Trinajstić information content (AvgIpc) is 3.03. The summed E-state index contributed by atoms with van der Waals surface area (Å²) in [5, 5.41) is 2.74. The highest BCUT2D eigenvalue weighted by Crippen LogP contribution is 2.14. The first-order valence-corrected chi connectivity index (χ1v) is 8.14. The fraction of sp³-hybridized carbons (Fsp3) is 0.333. The molecule has 2 heterocycles. The Morgan fingerprint density at radius 1 is 1.12 bits per heavy atom. The SMILES string of the molecule is Cc1ccoc1C(=O)N1CCN(CC(=O)Nc2ccc(F)cc2)CC1. The molecule has 1 aliphatic rings. The number of rotatable bonds is 4. The lowest BCUT2D eigenvalue weighted by molar-refractivity contribution is -0.117. The Morgan fingerprint density at radius 3 is 2.40 bits per heavy atom. The van der Waals surface area contributed by atoms with Crippen LogP contribution in [0.3, 0.4) is 0 Å². The first-order valence-electron chi connectivity index (χ1n) is 8.14. The molecule has 0 aliphatic carbocycles. The van der Waals surface area contributed by atoms with E-state index in [-0.39, 0.29) is 24.2 Å². The molecule has 0 saturated carbocycles. The van der Waals surface area contributed by atoms with Crippen LogP contribution in [0.2, 0.25) is 0 Å². The molecule has 2 amide bonds. The van der Waals surface area contributed by atoms with Gasteiger partial charge in [-0.1, -0.05) is 0 Å². The van der Waals surface area contributed by atoms with Crippen molar-refractivity contribution in [1.82, 2.24) is 9.80 Å². The van der Waals surface area contributed by atoms with Crippen molar-refractivity contribution >= 4 is 17.5 Å². The topological polar surface area (TPSA) is 65.8 Å². The van der Waals surface area contributed by atoms with Crippen molar-refractivity contribution in [3.8, 4) is 0 Å². The molecule has 6 nitrogen and oxygen atoms in total. The lowest BCUT2D eigenvalue weighted by atomic mass is 10.2. The van der Waals surface area contributed by atoms with Crippen molar-refractivity contribution in [3.05, 3.63) is 53.7 Å². The summed E-state index contributed by atoms with van der Waals surface area (Å²) in [7, 11) is 0. The molecule has 0 atom stereocenters. The van der Waals surface area contributed by atoms with E-state index < -0.39 is 0 Å². The number of furan rings is 1. The number of carbonyl (C=O) groups excluding carboxylic acids is 2. The predicted molar refractivity (Wildman–Crippen MR) is 90.8 cm³/mol. The molecular weight excluding hydrogens is 325 g/mol. The number of anilines is 1. The number of amides is 2. The molecule has 1 aromatic carbocycles. The zero-order valence-corrected chi connectivity index (χ0v) is 14.0. The quantitative estimate of drug-likeness (QED) is 0.922. The van der Waals surface area contributed by atoms with Crippen molar-refractivity contribution in [2.45, 2.75) is 6.92 Å². The molecule has 0 unspecified atom stereocenters. The molecule has 1 N–H and O–H groups in total. The molecule has 1 aromatic heterocycles. The van der Waals surface area contributed by atoms with Crippen LogP contribution < -0.4 is 5.32 Å². The average molecular weight is 345 g/mol. The molecular formula is C18H20FN3O3. The van der Waals surface area contributed by atoms with Gasteiger partial charge in [0.05, 0.1) is 12.8 Å². The van der Waals surface area contributed by atoms with E-state index in [1.165, 1.54) is 30.5 Å². The Balaban J connectivity index is 1.47. The molecule has 1 aliphatic heterocycles. The van der Waals surface area contributed by atoms with Crippen LogP contribution in [-0.2, 0) is 4.79 Å². The smallest absolute Gasteiger partial charge is 0.289 e. The zero-order valence-electron chi connectivity index (χ0n) is 14.0. The summed E-state index contributed by atoms with van der Waals surface area (Å²) in [5.74, 6) is -0.237. The van der Waals surface area contributed by atoms with Gasteiger partial charge < -0.3 is 14.6 Å². The van der Waals surface area contributed by atoms with Crippen molar-refractivity contribution in [2.24, 2.45) is 0 Å². The summed E-state index contributed by atoms with van der Waals surface area (Å²) >= 11 is 0. The van der Waals surface area contributed by atoms with Crippen LogP contribution in [0.4, 0.5) is 10.1 Å². The second-order valence-corrected chi connectivity index (χ2v) is 6.06. The largest absolute Gasteiger partial charge is 0.459 e. The van der Waals surface area contributed by atoms with Gasteiger partial charge in [-0.2, -0.15) is 0 Å². The Kier molecular flexibility index (Phi) is 5.14. The van der Waals surface area contributed by atoms with Crippen molar-refractivity contribution in [2.75, 3.05) is 38.0 Å². The highest BCUT2D eigenvalue weighted by atomic mass is 19.1. The standard InChI is InChI=1S/C18H20FN3O3/c1-13-6-11-25-17(13)18(24)22-9-7-21(8-10-22)12-16(23)20-15-4-2-14(19)3-5-15/h2-6,11H,7-10,12H2,1H3,(H,20,23). The van der Waals surface area contributed by atoms with Crippen LogP contribution in [0, 0.1) is 12.7 Å². The first-order chi connectivity index (χ1) is 12.0. The summed E-state index contributed by atoms with van der Waals surface area (Å²) in [4.78, 5) is 28.2. The maximum absolute atomic E-state index is 12.9. The summed E-state index contributed by atoms with van der Waals surface area (Å²) in [6.45, 7) is 4.39. The monoisotopic (exact) mass is 345 g/mol. The first kappa shape index (κ1) is 17.2. The van der Waals surface area contributed by atoms with Gasteiger partial charge in [0.25, 0.3) is 5.91 Å². The van der Waals surface area contributed by atoms with Crippen LogP contribution >= 0.6 is 0 Å². The number of piperazine rings is 1. The molecule has 0 bridgehead atoms. The van der Waals surface area contributed by atoms with E-state index >= 15 is 0 Å². The normalized spacial score (nSPS) is 15.2. The molecule has 2 aromatic rings. The highest BCUT2D eigenvalue weighted by Gasteiger charge is 2.25. The minimum atomic E-state index is -0.342. The van der Waals surface area contributed by atoms with Gasteiger partial charge in [-0.25, -0.2) is 4.39 Å². The summed E-state index contributed by atoms with van der Waals surface area (Å²) in [5.41, 5.74) is 1.39. The number of hydrogen-bond acceptors (Lipinski definition) is 4. The molecule has 3 rings (SSSR count). The Hall–Kier alpha value is -2.67. The summed E-state index contributed by atoms with van der Waals surface area (Å²) in [6.07, 6.45) is 1.51. The minimum absolute atomic E-state index is 0.113. The molecule has 132 valence electrons. The third kappa shape index (κ3) is 4.24. The van der Waals surface area contributed by atoms with Crippen LogP contribution in [-0.4, -0.2) is 54.3 Å². The Bertz CT molecular complexity index is 749. The molecule has 25 heavy (non-hydrogen) atoms. The van der Waals surface area contributed by atoms with Gasteiger partial charge in [0.1, 0.15) is 5.82 Å². The molecule has 7 heteroatoms. The van der Waals surface area contributed by atoms with E-state index in [1.54, 1.807) is 11.0 Å². The lowest BCUT2D eigenvalue weighted by Gasteiger charge is -2.33. The van der Waals surface area contributed by atoms with Crippen LogP contribution in [0.25, 0.3) is 0 Å². The van der Waals surface area contributed by atoms with E-state index in [1.807, 2.05) is 11.8 Å². The van der Waals surface area contributed by atoms with Gasteiger partial charge in [-0.05, 0) is 37.3 Å². The third-order valence-corrected chi connectivity index (χ3v) is 4.21. The number of nitrogens with one attached hydrogen (secondary N) is 1. The molecule has 0 spiro atoms. The molecule has 1 saturated heterocycles. The maximum atomic E-state index is 12.9. The summed E-state index contributed by atoms with van der Waals surface area (Å²) < 4.78 is 18.1. The van der Waals surface area contributed by atoms with Gasteiger partial charge in [0.15, 0.2) is 5.76 Å². The highest BCUT2D eigenvalue weighted by molar-refractivity contribution is 5.93. The number of hydrogen-bond donors (Lipinski definition) is 1. The van der Waals surface area contributed by atoms with Gasteiger partial charge in [0, 0.05) is 37.4 Å². The fourth-order valence-electron chi connectivity index (χ4n) is 2.78. The second kappa shape index (κ2) is 7.48. The number of benzene rings is 1. The Morgan fingerprint density at radius 2 is 1.80 bits per heavy atom. The number of aryl methyl sites for hydroxylation is 1. The van der Waals surface area contributed by atoms with Crippen molar-refractivity contribution in [1.29, 1.82) is 0 Å². The van der Waals surface area contributed by atoms with Crippen LogP contribution in [0.1, 0.15) is 16.1 Å². The predicted octanol–water partition coefficient (Wildman–Crippen LogP) is 2.12. The number of halogens is 1. The van der Waals surface area contributed by atoms with Gasteiger partial charge >= 0.3 is 0 Å². The van der Waals surface area contributed by atoms with Crippen LogP contribution in [0.15, 0.2) is 41.0 Å². The van der Waals surface area contributed by atoms with Crippen molar-refractivity contribution < 1.29 is 18.4 Å². The van der Waals surface area contributed by atoms with Gasteiger partial charge in [-0.3, -0.25) is 14.5 Å². The summed E-state index contributed by atoms with van der Waals surface area (Å²) in [6, 6.07) is 7.42. The van der Waals surface area contributed by atoms with E-state index in [0.717, 1.165) is 5.56 Å². The van der Waals surface area contributed by atoms with E-state index in [4.69, 9.17) is 4.42 Å². The van der Waals surface area contributed by atoms with Crippen molar-refractivity contribution in [3.63, 3.8) is 0 Å². The fourth-order valence-corrected chi connectivity index (χ4v) is 2.78. The molecule has 0 radical (unpaired) electrons. The van der Waals surface area contributed by atoms with Gasteiger partial charge in [-0.15, -0.1) is 0 Å². The van der Waals surface area contributed by atoms with E-state index in [2.05, 4.69) is 5.32 Å². The number of nitrogens with zero attached hydrogens (tertiary/aromatic N) is 2. The maximum Gasteiger partial charge on any atom is 0.289 e. The van der Waals surface area contributed by atoms with Crippen LogP contribution in [0.5, 0.6) is 0 Å². The van der Waals surface area contributed by atoms with E-state index in [9.17, 15) is 14.0 Å². The third-order valence-electron chi connectivity index (χ3n) is 4.21. The van der Waals surface area contributed by atoms with E-state index in [0.29, 0.717) is 37.6 Å². The molecule has 1 fully saturated rings. The van der Waals surface area contributed by atoms with Gasteiger partial charge in [0.2, 0.25) is 5.91 Å². The lowest BCUT2D eigenvalue weighted by Crippen LogP contribution is -2.50.